The predicted molar refractivity (Wildman–Crippen MR) is 65.9 cm³/mol. The van der Waals surface area contributed by atoms with Crippen molar-refractivity contribution in [1.29, 1.82) is 0 Å². The molecule has 3 aliphatic rings. The monoisotopic (exact) mass is 241 g/mol. The van der Waals surface area contributed by atoms with Gasteiger partial charge >= 0.3 is 5.97 Å². The summed E-state index contributed by atoms with van der Waals surface area (Å²) < 4.78 is 5.34. The summed E-state index contributed by atoms with van der Waals surface area (Å²) in [5, 5.41) is 0. The topological polar surface area (TPSA) is 36.0 Å². The van der Waals surface area contributed by atoms with Crippen molar-refractivity contribution in [3.05, 3.63) is 0 Å². The molecule has 0 radical (unpaired) electrons. The standard InChI is InChI=1S/C12H23N3O2/c1-10-8-14-4-5-15(10)11(9-14)12(16)17-7-6-13(2)3/h10-11H,4-9H2,1-3H3. The zero-order valence-corrected chi connectivity index (χ0v) is 11.1. The molecule has 0 aromatic rings. The molecule has 2 bridgehead atoms. The normalized spacial score (nSPS) is 36.2. The maximum atomic E-state index is 12.0. The molecule has 0 aromatic carbocycles. The van der Waals surface area contributed by atoms with E-state index in [0.717, 1.165) is 32.7 Å². The highest BCUT2D eigenvalue weighted by atomic mass is 16.5. The van der Waals surface area contributed by atoms with Gasteiger partial charge < -0.3 is 9.64 Å². The molecule has 0 spiro atoms. The molecular weight excluding hydrogens is 218 g/mol. The van der Waals surface area contributed by atoms with Gasteiger partial charge in [0.15, 0.2) is 0 Å². The lowest BCUT2D eigenvalue weighted by Crippen LogP contribution is -2.67. The van der Waals surface area contributed by atoms with Gasteiger partial charge in [-0.15, -0.1) is 0 Å². The Hall–Kier alpha value is -0.650. The van der Waals surface area contributed by atoms with Crippen molar-refractivity contribution in [3.8, 4) is 0 Å². The van der Waals surface area contributed by atoms with Crippen molar-refractivity contribution >= 4 is 5.97 Å². The summed E-state index contributed by atoms with van der Waals surface area (Å²) in [5.41, 5.74) is 0. The number of carbonyl (C=O) groups excluding carboxylic acids is 1. The third kappa shape index (κ3) is 2.97. The van der Waals surface area contributed by atoms with Crippen molar-refractivity contribution in [2.45, 2.75) is 19.0 Å². The number of fused-ring (bicyclic) bond motifs is 3. The van der Waals surface area contributed by atoms with Crippen LogP contribution in [0.5, 0.6) is 0 Å². The van der Waals surface area contributed by atoms with E-state index < -0.39 is 0 Å². The highest BCUT2D eigenvalue weighted by molar-refractivity contribution is 5.76. The number of nitrogens with zero attached hydrogens (tertiary/aromatic N) is 3. The van der Waals surface area contributed by atoms with E-state index in [0.29, 0.717) is 12.6 Å². The molecular formula is C12H23N3O2. The van der Waals surface area contributed by atoms with Crippen LogP contribution in [-0.4, -0.2) is 86.2 Å². The van der Waals surface area contributed by atoms with Gasteiger partial charge in [-0.2, -0.15) is 0 Å². The Morgan fingerprint density at radius 3 is 2.71 bits per heavy atom. The number of rotatable bonds is 4. The molecule has 3 aliphatic heterocycles. The van der Waals surface area contributed by atoms with Crippen LogP contribution in [0.4, 0.5) is 0 Å². The summed E-state index contributed by atoms with van der Waals surface area (Å²) in [6.07, 6.45) is 0. The molecule has 0 saturated carbocycles. The first-order valence-electron chi connectivity index (χ1n) is 6.37. The van der Waals surface area contributed by atoms with Crippen molar-refractivity contribution in [3.63, 3.8) is 0 Å². The summed E-state index contributed by atoms with van der Waals surface area (Å²) in [7, 11) is 3.96. The maximum absolute atomic E-state index is 12.0. The average molecular weight is 241 g/mol. The second-order valence-electron chi connectivity index (χ2n) is 5.33. The van der Waals surface area contributed by atoms with Crippen molar-refractivity contribution in [2.24, 2.45) is 0 Å². The smallest absolute Gasteiger partial charge is 0.324 e. The van der Waals surface area contributed by atoms with E-state index in [2.05, 4.69) is 16.7 Å². The fourth-order valence-electron chi connectivity index (χ4n) is 2.66. The Balaban J connectivity index is 1.83. The highest BCUT2D eigenvalue weighted by Gasteiger charge is 2.40. The van der Waals surface area contributed by atoms with Gasteiger partial charge in [-0.3, -0.25) is 14.6 Å². The SMILES string of the molecule is CC1CN2CCN1C(C(=O)OCCN(C)C)C2. The second kappa shape index (κ2) is 5.33. The van der Waals surface area contributed by atoms with Gasteiger partial charge in [0.1, 0.15) is 12.6 Å². The lowest BCUT2D eigenvalue weighted by atomic mass is 10.0. The van der Waals surface area contributed by atoms with Crippen molar-refractivity contribution in [2.75, 3.05) is 53.4 Å². The molecule has 0 N–H and O–H groups in total. The lowest BCUT2D eigenvalue weighted by Gasteiger charge is -2.50. The predicted octanol–water partition coefficient (Wildman–Crippen LogP) is -0.520. The summed E-state index contributed by atoms with van der Waals surface area (Å²) >= 11 is 0. The Kier molecular flexibility index (Phi) is 4.01. The van der Waals surface area contributed by atoms with Gasteiger partial charge in [0.25, 0.3) is 0 Å². The van der Waals surface area contributed by atoms with Crippen molar-refractivity contribution in [1.82, 2.24) is 14.7 Å². The highest BCUT2D eigenvalue weighted by Crippen LogP contribution is 2.21. The summed E-state index contributed by atoms with van der Waals surface area (Å²) in [5.74, 6) is -0.0527. The Labute approximate surface area is 103 Å². The van der Waals surface area contributed by atoms with Gasteiger partial charge in [0, 0.05) is 38.8 Å². The Bertz CT molecular complexity index is 283. The van der Waals surface area contributed by atoms with E-state index in [-0.39, 0.29) is 12.0 Å². The maximum Gasteiger partial charge on any atom is 0.324 e. The molecule has 0 aromatic heterocycles. The van der Waals surface area contributed by atoms with Crippen LogP contribution in [0.2, 0.25) is 0 Å². The van der Waals surface area contributed by atoms with Gasteiger partial charge in [0.2, 0.25) is 0 Å². The summed E-state index contributed by atoms with van der Waals surface area (Å²) in [6.45, 7) is 7.47. The molecule has 3 rings (SSSR count). The van der Waals surface area contributed by atoms with Gasteiger partial charge in [-0.05, 0) is 21.0 Å². The molecule has 3 saturated heterocycles. The zero-order chi connectivity index (χ0) is 12.4. The Morgan fingerprint density at radius 1 is 1.35 bits per heavy atom. The number of likely N-dealkylation sites (N-methyl/N-ethyl adjacent to an activating group) is 1. The van der Waals surface area contributed by atoms with Crippen LogP contribution >= 0.6 is 0 Å². The van der Waals surface area contributed by atoms with Gasteiger partial charge in [-0.1, -0.05) is 0 Å². The average Bonchev–Trinajstić information content (AvgIpc) is 2.28. The van der Waals surface area contributed by atoms with E-state index in [9.17, 15) is 4.79 Å². The lowest BCUT2D eigenvalue weighted by molar-refractivity contribution is -0.158. The van der Waals surface area contributed by atoms with Crippen LogP contribution in [0.3, 0.4) is 0 Å². The van der Waals surface area contributed by atoms with E-state index in [1.165, 1.54) is 0 Å². The van der Waals surface area contributed by atoms with Crippen LogP contribution < -0.4 is 0 Å². The second-order valence-corrected chi connectivity index (χ2v) is 5.33. The molecule has 98 valence electrons. The molecule has 3 fully saturated rings. The fourth-order valence-corrected chi connectivity index (χ4v) is 2.66. The van der Waals surface area contributed by atoms with Gasteiger partial charge in [0.05, 0.1) is 0 Å². The van der Waals surface area contributed by atoms with Crippen LogP contribution in [-0.2, 0) is 9.53 Å². The number of piperazine rings is 3. The summed E-state index contributed by atoms with van der Waals surface area (Å²) in [6, 6.07) is 0.429. The molecule has 17 heavy (non-hydrogen) atoms. The first kappa shape index (κ1) is 12.8. The Morgan fingerprint density at radius 2 is 2.12 bits per heavy atom. The fraction of sp³-hybridized carbons (Fsp3) is 0.917. The molecule has 5 nitrogen and oxygen atoms in total. The molecule has 0 amide bonds. The number of ether oxygens (including phenoxy) is 1. The largest absolute Gasteiger partial charge is 0.463 e. The third-order valence-electron chi connectivity index (χ3n) is 3.65. The molecule has 0 aliphatic carbocycles. The number of esters is 1. The first-order chi connectivity index (χ1) is 8.08. The number of carbonyl (C=O) groups is 1. The molecule has 3 heterocycles. The van der Waals surface area contributed by atoms with Crippen molar-refractivity contribution < 1.29 is 9.53 Å². The molecule has 4 atom stereocenters. The number of hydrogen-bond acceptors (Lipinski definition) is 5. The minimum atomic E-state index is -0.0527. The summed E-state index contributed by atoms with van der Waals surface area (Å²) in [4.78, 5) is 18.7. The quantitative estimate of drug-likeness (QED) is 0.619. The van der Waals surface area contributed by atoms with E-state index in [1.54, 1.807) is 0 Å². The van der Waals surface area contributed by atoms with E-state index in [4.69, 9.17) is 4.74 Å². The van der Waals surface area contributed by atoms with Gasteiger partial charge in [-0.25, -0.2) is 0 Å². The van der Waals surface area contributed by atoms with Crippen LogP contribution in [0.25, 0.3) is 0 Å². The first-order valence-corrected chi connectivity index (χ1v) is 6.37. The number of hydrogen-bond donors (Lipinski definition) is 0. The molecule has 5 heteroatoms. The molecule has 4 unspecified atom stereocenters. The van der Waals surface area contributed by atoms with E-state index >= 15 is 0 Å². The van der Waals surface area contributed by atoms with Crippen LogP contribution in [0, 0.1) is 0 Å². The van der Waals surface area contributed by atoms with E-state index in [1.807, 2.05) is 19.0 Å². The zero-order valence-electron chi connectivity index (χ0n) is 11.1. The minimum absolute atomic E-state index is 0.0466. The van der Waals surface area contributed by atoms with Crippen LogP contribution in [0.15, 0.2) is 0 Å². The third-order valence-corrected chi connectivity index (χ3v) is 3.65. The minimum Gasteiger partial charge on any atom is -0.463 e. The van der Waals surface area contributed by atoms with Crippen LogP contribution in [0.1, 0.15) is 6.92 Å².